The highest BCUT2D eigenvalue weighted by molar-refractivity contribution is 5.70. The molecule has 0 radical (unpaired) electrons. The van der Waals surface area contributed by atoms with Crippen LogP contribution in [0.5, 0.6) is 0 Å². The Balaban J connectivity index is 1.71. The van der Waals surface area contributed by atoms with E-state index in [1.165, 1.54) is 0 Å². The van der Waals surface area contributed by atoms with E-state index in [0.29, 0.717) is 12.2 Å². The van der Waals surface area contributed by atoms with Gasteiger partial charge in [0.2, 0.25) is 5.95 Å². The van der Waals surface area contributed by atoms with E-state index in [1.807, 2.05) is 0 Å². The predicted molar refractivity (Wildman–Crippen MR) is 63.8 cm³/mol. The zero-order chi connectivity index (χ0) is 12.7. The Hall–Kier alpha value is -1.64. The quantitative estimate of drug-likeness (QED) is 0.442. The lowest BCUT2D eigenvalue weighted by molar-refractivity contribution is -0.0240. The van der Waals surface area contributed by atoms with Crippen LogP contribution in [0.15, 0.2) is 6.20 Å². The SMILES string of the molecule is Nc1ncc2c(n1)NC([C@@H]1C[C@H](O)[C@@H](CO)O1)N2. The predicted octanol–water partition coefficient (Wildman–Crippen LogP) is -1.27. The van der Waals surface area contributed by atoms with Gasteiger partial charge >= 0.3 is 0 Å². The van der Waals surface area contributed by atoms with Crippen molar-refractivity contribution in [2.24, 2.45) is 0 Å². The Labute approximate surface area is 103 Å². The molecule has 0 saturated carbocycles. The highest BCUT2D eigenvalue weighted by atomic mass is 16.5. The molecule has 1 unspecified atom stereocenters. The molecular weight excluding hydrogens is 238 g/mol. The van der Waals surface area contributed by atoms with E-state index >= 15 is 0 Å². The van der Waals surface area contributed by atoms with Crippen molar-refractivity contribution in [3.63, 3.8) is 0 Å². The Morgan fingerprint density at radius 1 is 1.50 bits per heavy atom. The number of nitrogens with one attached hydrogen (secondary N) is 2. The Morgan fingerprint density at radius 3 is 3.06 bits per heavy atom. The maximum Gasteiger partial charge on any atom is 0.222 e. The second-order valence-electron chi connectivity index (χ2n) is 4.46. The van der Waals surface area contributed by atoms with Crippen LogP contribution in [0.25, 0.3) is 0 Å². The maximum atomic E-state index is 9.69. The van der Waals surface area contributed by atoms with Crippen molar-refractivity contribution in [3.8, 4) is 0 Å². The fourth-order valence-electron chi connectivity index (χ4n) is 2.29. The molecule has 3 rings (SSSR count). The van der Waals surface area contributed by atoms with Crippen molar-refractivity contribution < 1.29 is 14.9 Å². The minimum absolute atomic E-state index is 0.190. The monoisotopic (exact) mass is 253 g/mol. The summed E-state index contributed by atoms with van der Waals surface area (Å²) in [6, 6.07) is 0. The summed E-state index contributed by atoms with van der Waals surface area (Å²) in [4.78, 5) is 7.95. The lowest BCUT2D eigenvalue weighted by Crippen LogP contribution is -2.36. The zero-order valence-corrected chi connectivity index (χ0v) is 9.58. The third kappa shape index (κ3) is 1.84. The van der Waals surface area contributed by atoms with Gasteiger partial charge in [0.15, 0.2) is 5.82 Å². The molecule has 6 N–H and O–H groups in total. The first-order valence-electron chi connectivity index (χ1n) is 5.77. The summed E-state index contributed by atoms with van der Waals surface area (Å²) in [5.41, 5.74) is 6.25. The minimum atomic E-state index is -0.650. The number of hydrogen-bond donors (Lipinski definition) is 5. The van der Waals surface area contributed by atoms with Gasteiger partial charge in [-0.05, 0) is 0 Å². The van der Waals surface area contributed by atoms with Crippen LogP contribution in [-0.2, 0) is 4.74 Å². The lowest BCUT2D eigenvalue weighted by Gasteiger charge is -2.19. The third-order valence-electron chi connectivity index (χ3n) is 3.21. The molecular formula is C10H15N5O3. The molecule has 1 aromatic heterocycles. The van der Waals surface area contributed by atoms with Gasteiger partial charge in [-0.25, -0.2) is 4.98 Å². The first-order chi connectivity index (χ1) is 8.67. The number of rotatable bonds is 2. The first kappa shape index (κ1) is 11.5. The summed E-state index contributed by atoms with van der Waals surface area (Å²) in [7, 11) is 0. The van der Waals surface area contributed by atoms with Crippen LogP contribution >= 0.6 is 0 Å². The van der Waals surface area contributed by atoms with Gasteiger partial charge in [-0.2, -0.15) is 4.98 Å². The molecule has 1 fully saturated rings. The molecule has 0 bridgehead atoms. The fraction of sp³-hybridized carbons (Fsp3) is 0.600. The highest BCUT2D eigenvalue weighted by Gasteiger charge is 2.40. The molecule has 8 heteroatoms. The number of nitrogens with two attached hydrogens (primary N) is 1. The summed E-state index contributed by atoms with van der Waals surface area (Å²) in [6.07, 6.45) is 0.420. The number of hydrogen-bond acceptors (Lipinski definition) is 8. The van der Waals surface area contributed by atoms with Crippen LogP contribution in [0, 0.1) is 0 Å². The molecule has 2 aliphatic rings. The molecule has 8 nitrogen and oxygen atoms in total. The topological polar surface area (TPSA) is 126 Å². The number of fused-ring (bicyclic) bond motifs is 1. The van der Waals surface area contributed by atoms with Gasteiger partial charge in [0.05, 0.1) is 30.7 Å². The molecule has 98 valence electrons. The largest absolute Gasteiger partial charge is 0.394 e. The van der Waals surface area contributed by atoms with Gasteiger partial charge < -0.3 is 31.3 Å². The third-order valence-corrected chi connectivity index (χ3v) is 3.21. The van der Waals surface area contributed by atoms with Crippen LogP contribution in [0.3, 0.4) is 0 Å². The highest BCUT2D eigenvalue weighted by Crippen LogP contribution is 2.32. The van der Waals surface area contributed by atoms with E-state index in [0.717, 1.165) is 5.69 Å². The van der Waals surface area contributed by atoms with Gasteiger partial charge in [-0.15, -0.1) is 0 Å². The van der Waals surface area contributed by atoms with Crippen molar-refractivity contribution in [2.75, 3.05) is 23.0 Å². The van der Waals surface area contributed by atoms with Crippen LogP contribution in [0.1, 0.15) is 6.42 Å². The molecule has 0 spiro atoms. The van der Waals surface area contributed by atoms with E-state index in [4.69, 9.17) is 15.6 Å². The molecule has 0 amide bonds. The van der Waals surface area contributed by atoms with Crippen molar-refractivity contribution in [1.82, 2.24) is 9.97 Å². The number of anilines is 3. The molecule has 3 heterocycles. The smallest absolute Gasteiger partial charge is 0.222 e. The van der Waals surface area contributed by atoms with E-state index < -0.39 is 12.2 Å². The number of ether oxygens (including phenoxy) is 1. The van der Waals surface area contributed by atoms with Crippen molar-refractivity contribution in [1.29, 1.82) is 0 Å². The van der Waals surface area contributed by atoms with E-state index in [9.17, 15) is 5.11 Å². The normalized spacial score (nSPS) is 33.9. The zero-order valence-electron chi connectivity index (χ0n) is 9.58. The molecule has 0 aromatic carbocycles. The molecule has 0 aliphatic carbocycles. The van der Waals surface area contributed by atoms with Crippen molar-refractivity contribution >= 4 is 17.5 Å². The number of aliphatic hydroxyl groups is 2. The lowest BCUT2D eigenvalue weighted by atomic mass is 10.1. The van der Waals surface area contributed by atoms with Gasteiger partial charge in [-0.3, -0.25) is 0 Å². The van der Waals surface area contributed by atoms with Crippen LogP contribution < -0.4 is 16.4 Å². The molecule has 4 atom stereocenters. The van der Waals surface area contributed by atoms with Crippen LogP contribution in [0.4, 0.5) is 17.5 Å². The number of aromatic nitrogens is 2. The van der Waals surface area contributed by atoms with Gasteiger partial charge in [-0.1, -0.05) is 0 Å². The average Bonchev–Trinajstić information content (AvgIpc) is 2.91. The van der Waals surface area contributed by atoms with Crippen molar-refractivity contribution in [3.05, 3.63) is 6.20 Å². The van der Waals surface area contributed by atoms with E-state index in [1.54, 1.807) is 6.20 Å². The standard InChI is InChI=1S/C10H15N5O3/c11-10-12-2-4-8(15-10)14-9(13-4)6-1-5(17)7(3-16)18-6/h2,5-7,9,13,16-17H,1,3H2,(H3,11,12,14,15)/t5-,6-,7+,9?/m0/s1. The molecule has 1 saturated heterocycles. The second kappa shape index (κ2) is 4.23. The van der Waals surface area contributed by atoms with Gasteiger partial charge in [0.25, 0.3) is 0 Å². The van der Waals surface area contributed by atoms with Crippen LogP contribution in [-0.4, -0.2) is 51.3 Å². The summed E-state index contributed by atoms with van der Waals surface area (Å²) in [5.74, 6) is 0.822. The Bertz CT molecular complexity index is 457. The van der Waals surface area contributed by atoms with E-state index in [2.05, 4.69) is 20.6 Å². The van der Waals surface area contributed by atoms with Gasteiger partial charge in [0, 0.05) is 6.42 Å². The maximum absolute atomic E-state index is 9.69. The second-order valence-corrected chi connectivity index (χ2v) is 4.46. The molecule has 2 aliphatic heterocycles. The Kier molecular flexibility index (Phi) is 2.69. The fourth-order valence-corrected chi connectivity index (χ4v) is 2.29. The first-order valence-corrected chi connectivity index (χ1v) is 5.77. The number of nitrogen functional groups attached to an aromatic ring is 1. The van der Waals surface area contributed by atoms with Crippen molar-refractivity contribution in [2.45, 2.75) is 30.9 Å². The molecule has 18 heavy (non-hydrogen) atoms. The minimum Gasteiger partial charge on any atom is -0.394 e. The van der Waals surface area contributed by atoms with Crippen LogP contribution in [0.2, 0.25) is 0 Å². The number of nitrogens with zero attached hydrogens (tertiary/aromatic N) is 2. The average molecular weight is 253 g/mol. The summed E-state index contributed by atoms with van der Waals surface area (Å²) in [5, 5.41) is 25.0. The molecule has 1 aromatic rings. The Morgan fingerprint density at radius 2 is 2.33 bits per heavy atom. The van der Waals surface area contributed by atoms with E-state index in [-0.39, 0.29) is 24.8 Å². The number of aliphatic hydroxyl groups excluding tert-OH is 2. The summed E-state index contributed by atoms with van der Waals surface area (Å²) in [6.45, 7) is -0.190. The van der Waals surface area contributed by atoms with Gasteiger partial charge in [0.1, 0.15) is 12.3 Å². The summed E-state index contributed by atoms with van der Waals surface area (Å²) >= 11 is 0. The summed E-state index contributed by atoms with van der Waals surface area (Å²) < 4.78 is 5.56.